The quantitative estimate of drug-likeness (QED) is 0.455. The van der Waals surface area contributed by atoms with Crippen LogP contribution < -0.4 is 16.5 Å². The van der Waals surface area contributed by atoms with Crippen molar-refractivity contribution in [1.29, 1.82) is 0 Å². The van der Waals surface area contributed by atoms with Gasteiger partial charge in [0, 0.05) is 27.3 Å². The van der Waals surface area contributed by atoms with Crippen molar-refractivity contribution in [1.82, 2.24) is 4.98 Å². The van der Waals surface area contributed by atoms with Crippen molar-refractivity contribution in [2.45, 2.75) is 0 Å². The molecule has 0 atom stereocenters. The molecule has 4 heteroatoms. The van der Waals surface area contributed by atoms with E-state index in [4.69, 9.17) is 0 Å². The highest BCUT2D eigenvalue weighted by molar-refractivity contribution is 6.29. The van der Waals surface area contributed by atoms with Crippen LogP contribution in [-0.4, -0.2) is 4.98 Å². The van der Waals surface area contributed by atoms with E-state index in [1.807, 2.05) is 78.9 Å². The van der Waals surface area contributed by atoms with Crippen LogP contribution in [0.3, 0.4) is 0 Å². The van der Waals surface area contributed by atoms with Gasteiger partial charge in [-0.3, -0.25) is 19.4 Å². The Balaban J connectivity index is 2.04. The maximum Gasteiger partial charge on any atom is 0.259 e. The van der Waals surface area contributed by atoms with Gasteiger partial charge >= 0.3 is 0 Å². The number of aromatic nitrogens is 1. The summed E-state index contributed by atoms with van der Waals surface area (Å²) < 4.78 is 0. The zero-order valence-electron chi connectivity index (χ0n) is 16.3. The monoisotopic (exact) mass is 401 g/mol. The maximum absolute atomic E-state index is 13.6. The fourth-order valence-electron chi connectivity index (χ4n) is 4.75. The Bertz CT molecular complexity index is 1770. The molecule has 1 aromatic heterocycles. The van der Waals surface area contributed by atoms with E-state index in [9.17, 15) is 14.4 Å². The van der Waals surface area contributed by atoms with Gasteiger partial charge in [0.05, 0.1) is 10.8 Å². The van der Waals surface area contributed by atoms with Gasteiger partial charge in [-0.1, -0.05) is 84.9 Å². The molecule has 0 unspecified atom stereocenters. The van der Waals surface area contributed by atoms with E-state index in [0.29, 0.717) is 32.7 Å². The largest absolute Gasteiger partial charge is 0.289 e. The summed E-state index contributed by atoms with van der Waals surface area (Å²) in [5, 5.41) is 3.18. The van der Waals surface area contributed by atoms with Crippen molar-refractivity contribution in [3.05, 3.63) is 116 Å². The highest BCUT2D eigenvalue weighted by Gasteiger charge is 2.26. The minimum absolute atomic E-state index is 0.128. The van der Waals surface area contributed by atoms with Gasteiger partial charge < -0.3 is 0 Å². The Morgan fingerprint density at radius 2 is 0.903 bits per heavy atom. The second-order valence-electron chi connectivity index (χ2n) is 7.64. The molecule has 0 bridgehead atoms. The molecule has 0 spiro atoms. The second kappa shape index (κ2) is 6.34. The van der Waals surface area contributed by atoms with Crippen LogP contribution in [-0.2, 0) is 0 Å². The molecule has 4 nitrogen and oxygen atoms in total. The fraction of sp³-hybridized carbons (Fsp3) is 0. The van der Waals surface area contributed by atoms with Crippen LogP contribution in [0.2, 0.25) is 0 Å². The third-order valence-corrected chi connectivity index (χ3v) is 5.97. The standard InChI is InChI=1S/C27H15NO3/c29-25-18-14-8-7-13-17(18)21-19(15-9-3-1-4-10-15)23-24(27(31)28-26(23)30)20(22(21)25)16-11-5-2-6-12-16/h1-14H,(H,28,30,31). The van der Waals surface area contributed by atoms with Gasteiger partial charge in [0.2, 0.25) is 0 Å². The van der Waals surface area contributed by atoms with Gasteiger partial charge in [0.25, 0.3) is 11.1 Å². The van der Waals surface area contributed by atoms with Crippen molar-refractivity contribution in [3.8, 4) is 22.3 Å². The predicted octanol–water partition coefficient (Wildman–Crippen LogP) is 4.76. The predicted molar refractivity (Wildman–Crippen MR) is 125 cm³/mol. The molecule has 0 aliphatic rings. The van der Waals surface area contributed by atoms with E-state index in [-0.39, 0.29) is 10.8 Å². The molecule has 0 amide bonds. The first-order chi connectivity index (χ1) is 15.2. The summed E-state index contributed by atoms with van der Waals surface area (Å²) in [4.78, 5) is 42.1. The Morgan fingerprint density at radius 3 is 1.45 bits per heavy atom. The van der Waals surface area contributed by atoms with Crippen molar-refractivity contribution >= 4 is 32.3 Å². The summed E-state index contributed by atoms with van der Waals surface area (Å²) in [7, 11) is 0. The van der Waals surface area contributed by atoms with Crippen molar-refractivity contribution in [3.63, 3.8) is 0 Å². The molecule has 5 aromatic carbocycles. The number of nitrogens with one attached hydrogen (secondary N) is 1. The number of benzene rings is 4. The van der Waals surface area contributed by atoms with Gasteiger partial charge in [-0.2, -0.15) is 0 Å². The summed E-state index contributed by atoms with van der Waals surface area (Å²) in [5.74, 6) is 0. The highest BCUT2D eigenvalue weighted by atomic mass is 16.2. The topological polar surface area (TPSA) is 67.0 Å². The number of rotatable bonds is 2. The Labute approximate surface area is 175 Å². The lowest BCUT2D eigenvalue weighted by Gasteiger charge is -2.12. The SMILES string of the molecule is O=c1[nH]c(=O)c2c(-c3ccccc3)c3c(c(-c4ccccc4)c12)c(=O)c1ccccc13. The molecule has 1 N–H and O–H groups in total. The molecule has 146 valence electrons. The number of aromatic amines is 1. The zero-order valence-corrected chi connectivity index (χ0v) is 16.3. The first-order valence-corrected chi connectivity index (χ1v) is 10.0. The summed E-state index contributed by atoms with van der Waals surface area (Å²) in [6.45, 7) is 0. The highest BCUT2D eigenvalue weighted by Crippen LogP contribution is 2.43. The molecule has 0 fully saturated rings. The summed E-state index contributed by atoms with van der Waals surface area (Å²) in [6, 6.07) is 26.2. The van der Waals surface area contributed by atoms with E-state index in [1.165, 1.54) is 0 Å². The van der Waals surface area contributed by atoms with E-state index in [0.717, 1.165) is 16.5 Å². The number of H-pyrrole nitrogens is 1. The normalized spacial score (nSPS) is 11.6. The first-order valence-electron chi connectivity index (χ1n) is 10.0. The molecule has 6 rings (SSSR count). The molecule has 31 heavy (non-hydrogen) atoms. The molecule has 0 saturated carbocycles. The van der Waals surface area contributed by atoms with Crippen LogP contribution in [0.15, 0.2) is 99.3 Å². The third-order valence-electron chi connectivity index (χ3n) is 5.97. The van der Waals surface area contributed by atoms with E-state index in [2.05, 4.69) is 4.98 Å². The summed E-state index contributed by atoms with van der Waals surface area (Å²) >= 11 is 0. The first kappa shape index (κ1) is 17.5. The Morgan fingerprint density at radius 1 is 0.452 bits per heavy atom. The lowest BCUT2D eigenvalue weighted by molar-refractivity contribution is 1.26. The molecule has 0 saturated heterocycles. The van der Waals surface area contributed by atoms with Crippen molar-refractivity contribution < 1.29 is 0 Å². The summed E-state index contributed by atoms with van der Waals surface area (Å²) in [5.41, 5.74) is 1.65. The minimum Gasteiger partial charge on any atom is -0.289 e. The van der Waals surface area contributed by atoms with Gasteiger partial charge in [0.15, 0.2) is 5.43 Å². The van der Waals surface area contributed by atoms with Crippen LogP contribution in [0.4, 0.5) is 0 Å². The van der Waals surface area contributed by atoms with E-state index in [1.54, 1.807) is 6.07 Å². The van der Waals surface area contributed by atoms with Gasteiger partial charge in [-0.15, -0.1) is 0 Å². The number of hydrogen-bond acceptors (Lipinski definition) is 3. The average Bonchev–Trinajstić information content (AvgIpc) is 3.27. The number of hydrogen-bond donors (Lipinski definition) is 1. The van der Waals surface area contributed by atoms with Gasteiger partial charge in [0.1, 0.15) is 0 Å². The lowest BCUT2D eigenvalue weighted by atomic mass is 9.89. The molecular weight excluding hydrogens is 386 g/mol. The molecular formula is C27H15NO3. The van der Waals surface area contributed by atoms with Crippen molar-refractivity contribution in [2.24, 2.45) is 0 Å². The molecule has 1 heterocycles. The fourth-order valence-corrected chi connectivity index (χ4v) is 4.75. The Hall–Kier alpha value is -4.31. The van der Waals surface area contributed by atoms with E-state index < -0.39 is 11.1 Å². The maximum atomic E-state index is 13.6. The van der Waals surface area contributed by atoms with Gasteiger partial charge in [-0.25, -0.2) is 0 Å². The van der Waals surface area contributed by atoms with Crippen LogP contribution in [0.5, 0.6) is 0 Å². The molecule has 0 aliphatic heterocycles. The van der Waals surface area contributed by atoms with Crippen LogP contribution in [0, 0.1) is 0 Å². The third kappa shape index (κ3) is 2.33. The smallest absolute Gasteiger partial charge is 0.259 e. The van der Waals surface area contributed by atoms with Crippen molar-refractivity contribution in [2.75, 3.05) is 0 Å². The zero-order chi connectivity index (χ0) is 21.1. The molecule has 0 aliphatic carbocycles. The minimum atomic E-state index is -0.470. The van der Waals surface area contributed by atoms with Crippen LogP contribution in [0.1, 0.15) is 0 Å². The van der Waals surface area contributed by atoms with Crippen LogP contribution in [0.25, 0.3) is 54.6 Å². The number of fused-ring (bicyclic) bond motifs is 4. The average molecular weight is 401 g/mol. The van der Waals surface area contributed by atoms with E-state index >= 15 is 0 Å². The summed E-state index contributed by atoms with van der Waals surface area (Å²) in [6.07, 6.45) is 0. The van der Waals surface area contributed by atoms with Gasteiger partial charge in [-0.05, 0) is 16.5 Å². The van der Waals surface area contributed by atoms with Crippen LogP contribution >= 0.6 is 0 Å². The second-order valence-corrected chi connectivity index (χ2v) is 7.64. The lowest BCUT2D eigenvalue weighted by Crippen LogP contribution is -2.06. The Kier molecular flexibility index (Phi) is 3.59. The molecule has 6 aromatic rings. The molecule has 0 radical (unpaired) electrons.